The zero-order valence-electron chi connectivity index (χ0n) is 14.8. The van der Waals surface area contributed by atoms with Crippen molar-refractivity contribution in [3.8, 4) is 5.69 Å². The molecule has 4 rings (SSSR count). The van der Waals surface area contributed by atoms with Gasteiger partial charge in [-0.1, -0.05) is 50.2 Å². The van der Waals surface area contributed by atoms with Crippen LogP contribution in [-0.4, -0.2) is 16.6 Å². The predicted octanol–water partition coefficient (Wildman–Crippen LogP) is 5.21. The number of anilines is 2. The van der Waals surface area contributed by atoms with E-state index in [4.69, 9.17) is 16.6 Å². The largest absolute Gasteiger partial charge is 0.327 e. The van der Waals surface area contributed by atoms with Gasteiger partial charge in [-0.05, 0) is 18.2 Å². The van der Waals surface area contributed by atoms with E-state index in [2.05, 4.69) is 6.58 Å². The van der Waals surface area contributed by atoms with E-state index in [0.717, 1.165) is 22.1 Å². The van der Waals surface area contributed by atoms with Crippen molar-refractivity contribution < 1.29 is 0 Å². The summed E-state index contributed by atoms with van der Waals surface area (Å²) in [5, 5.41) is 0. The fourth-order valence-electron chi connectivity index (χ4n) is 3.29. The Bertz CT molecular complexity index is 1080. The Kier molecular flexibility index (Phi) is 4.01. The van der Waals surface area contributed by atoms with Crippen LogP contribution in [0.25, 0.3) is 11.3 Å². The number of thiophene rings is 1. The second-order valence-corrected chi connectivity index (χ2v) is 8.29. The number of nitrogens with zero attached hydrogens (tertiary/aromatic N) is 3. The van der Waals surface area contributed by atoms with Crippen LogP contribution in [0.1, 0.15) is 36.0 Å². The number of para-hydroxylation sites is 1. The van der Waals surface area contributed by atoms with Gasteiger partial charge in [0.1, 0.15) is 11.6 Å². The van der Waals surface area contributed by atoms with Crippen molar-refractivity contribution in [2.75, 3.05) is 11.9 Å². The molecular weight excluding hydrogens is 366 g/mol. The third kappa shape index (κ3) is 2.42. The van der Waals surface area contributed by atoms with E-state index in [1.54, 1.807) is 4.57 Å². The normalized spacial score (nSPS) is 13.1. The lowest BCUT2D eigenvalue weighted by Gasteiger charge is -2.29. The zero-order valence-corrected chi connectivity index (χ0v) is 16.4. The summed E-state index contributed by atoms with van der Waals surface area (Å²) in [5.74, 6) is 1.45. The standard InChI is InChI=1S/C20H18ClN3OS/c1-11(2)18-22-19-16(20(25)24(18)13-8-6-5-7-9-13)12(3)17-14(23(19)4)10-15(21)26-17/h5-11H,3H2,1-2,4H3. The van der Waals surface area contributed by atoms with Gasteiger partial charge in [0.05, 0.1) is 26.2 Å². The molecule has 3 heterocycles. The molecule has 0 atom stereocenters. The average molecular weight is 384 g/mol. The summed E-state index contributed by atoms with van der Waals surface area (Å²) in [5.41, 5.74) is 2.87. The SMILES string of the molecule is C=C1c2sc(Cl)cc2N(C)c2nc(C(C)C)n(-c3ccccc3)c(=O)c21. The quantitative estimate of drug-likeness (QED) is 0.609. The molecule has 2 aromatic heterocycles. The molecule has 0 bridgehead atoms. The molecule has 132 valence electrons. The highest BCUT2D eigenvalue weighted by Crippen LogP contribution is 2.47. The van der Waals surface area contributed by atoms with Crippen molar-refractivity contribution in [2.24, 2.45) is 0 Å². The number of hydrogen-bond acceptors (Lipinski definition) is 4. The molecule has 4 nitrogen and oxygen atoms in total. The Labute approximate surface area is 161 Å². The summed E-state index contributed by atoms with van der Waals surface area (Å²) in [7, 11) is 1.91. The van der Waals surface area contributed by atoms with Crippen molar-refractivity contribution in [3.05, 3.63) is 73.9 Å². The van der Waals surface area contributed by atoms with Crippen molar-refractivity contribution in [2.45, 2.75) is 19.8 Å². The van der Waals surface area contributed by atoms with Gasteiger partial charge in [0.2, 0.25) is 0 Å². The van der Waals surface area contributed by atoms with E-state index in [1.807, 2.05) is 62.2 Å². The molecule has 0 N–H and O–H groups in total. The molecule has 0 saturated carbocycles. The van der Waals surface area contributed by atoms with Crippen molar-refractivity contribution in [3.63, 3.8) is 0 Å². The smallest absolute Gasteiger partial charge is 0.268 e. The molecule has 0 amide bonds. The van der Waals surface area contributed by atoms with Gasteiger partial charge in [-0.2, -0.15) is 0 Å². The highest BCUT2D eigenvalue weighted by molar-refractivity contribution is 7.17. The molecule has 3 aromatic rings. The van der Waals surface area contributed by atoms with Crippen LogP contribution in [0.3, 0.4) is 0 Å². The van der Waals surface area contributed by atoms with Gasteiger partial charge in [-0.15, -0.1) is 11.3 Å². The Morgan fingerprint density at radius 2 is 1.92 bits per heavy atom. The lowest BCUT2D eigenvalue weighted by molar-refractivity contribution is 0.708. The van der Waals surface area contributed by atoms with Crippen LogP contribution >= 0.6 is 22.9 Å². The zero-order chi connectivity index (χ0) is 18.6. The van der Waals surface area contributed by atoms with Crippen LogP contribution in [-0.2, 0) is 0 Å². The van der Waals surface area contributed by atoms with Gasteiger partial charge in [-0.25, -0.2) is 4.98 Å². The summed E-state index contributed by atoms with van der Waals surface area (Å²) in [4.78, 5) is 21.3. The number of rotatable bonds is 2. The molecule has 26 heavy (non-hydrogen) atoms. The summed E-state index contributed by atoms with van der Waals surface area (Å²) in [6.07, 6.45) is 0. The van der Waals surface area contributed by atoms with Crippen LogP contribution in [0.4, 0.5) is 11.5 Å². The predicted molar refractivity (Wildman–Crippen MR) is 109 cm³/mol. The van der Waals surface area contributed by atoms with Gasteiger partial charge in [0.15, 0.2) is 0 Å². The minimum atomic E-state index is -0.100. The van der Waals surface area contributed by atoms with E-state index in [1.165, 1.54) is 11.3 Å². The molecule has 0 aliphatic carbocycles. The average Bonchev–Trinajstić information content (AvgIpc) is 3.02. The van der Waals surface area contributed by atoms with Crippen LogP contribution in [0, 0.1) is 0 Å². The maximum atomic E-state index is 13.5. The van der Waals surface area contributed by atoms with Crippen LogP contribution in [0.5, 0.6) is 0 Å². The van der Waals surface area contributed by atoms with Crippen molar-refractivity contribution >= 4 is 40.0 Å². The monoisotopic (exact) mass is 383 g/mol. The Morgan fingerprint density at radius 1 is 1.23 bits per heavy atom. The third-order valence-corrected chi connectivity index (χ3v) is 5.87. The van der Waals surface area contributed by atoms with Gasteiger partial charge < -0.3 is 4.90 Å². The summed E-state index contributed by atoms with van der Waals surface area (Å²) in [6.45, 7) is 8.27. The highest BCUT2D eigenvalue weighted by atomic mass is 35.5. The van der Waals surface area contributed by atoms with Crippen LogP contribution in [0.2, 0.25) is 4.34 Å². The minimum absolute atomic E-state index is 0.0855. The number of aromatic nitrogens is 2. The first-order valence-electron chi connectivity index (χ1n) is 8.35. The second kappa shape index (κ2) is 6.11. The Morgan fingerprint density at radius 3 is 2.58 bits per heavy atom. The number of hydrogen-bond donors (Lipinski definition) is 0. The molecule has 0 fully saturated rings. The first kappa shape index (κ1) is 17.1. The van der Waals surface area contributed by atoms with Gasteiger partial charge >= 0.3 is 0 Å². The first-order valence-corrected chi connectivity index (χ1v) is 9.54. The fraction of sp³-hybridized carbons (Fsp3) is 0.200. The van der Waals surface area contributed by atoms with Gasteiger partial charge in [0.25, 0.3) is 5.56 Å². The molecule has 1 aliphatic heterocycles. The third-order valence-electron chi connectivity index (χ3n) is 4.56. The maximum Gasteiger partial charge on any atom is 0.268 e. The first-order chi connectivity index (χ1) is 12.4. The number of benzene rings is 1. The van der Waals surface area contributed by atoms with Crippen LogP contribution in [0.15, 0.2) is 47.8 Å². The molecule has 0 unspecified atom stereocenters. The lowest BCUT2D eigenvalue weighted by atomic mass is 10.0. The number of fused-ring (bicyclic) bond motifs is 2. The van der Waals surface area contributed by atoms with E-state index in [-0.39, 0.29) is 11.5 Å². The second-order valence-electron chi connectivity index (χ2n) is 6.60. The molecule has 6 heteroatoms. The highest BCUT2D eigenvalue weighted by Gasteiger charge is 2.31. The summed E-state index contributed by atoms with van der Waals surface area (Å²) in [6, 6.07) is 11.5. The molecule has 1 aliphatic rings. The van der Waals surface area contributed by atoms with Crippen molar-refractivity contribution in [1.29, 1.82) is 0 Å². The fourth-order valence-corrected chi connectivity index (χ4v) is 4.52. The topological polar surface area (TPSA) is 38.1 Å². The van der Waals surface area contributed by atoms with E-state index < -0.39 is 0 Å². The van der Waals surface area contributed by atoms with Crippen molar-refractivity contribution in [1.82, 2.24) is 9.55 Å². The van der Waals surface area contributed by atoms with Crippen LogP contribution < -0.4 is 10.5 Å². The molecular formula is C20H18ClN3OS. The van der Waals surface area contributed by atoms with Gasteiger partial charge in [-0.3, -0.25) is 9.36 Å². The van der Waals surface area contributed by atoms with Gasteiger partial charge in [0, 0.05) is 18.5 Å². The Balaban J connectivity index is 2.06. The molecule has 1 aromatic carbocycles. The maximum absolute atomic E-state index is 13.5. The lowest BCUT2D eigenvalue weighted by Crippen LogP contribution is -2.32. The summed E-state index contributed by atoms with van der Waals surface area (Å²) < 4.78 is 2.37. The van der Waals surface area contributed by atoms with E-state index >= 15 is 0 Å². The minimum Gasteiger partial charge on any atom is -0.327 e. The molecule has 0 radical (unpaired) electrons. The van der Waals surface area contributed by atoms with E-state index in [9.17, 15) is 4.79 Å². The molecule has 0 saturated heterocycles. The summed E-state index contributed by atoms with van der Waals surface area (Å²) >= 11 is 7.65. The Hall–Kier alpha value is -2.37. The van der Waals surface area contributed by atoms with E-state index in [0.29, 0.717) is 21.3 Å². The number of halogens is 1. The molecule has 0 spiro atoms.